The first-order valence-electron chi connectivity index (χ1n) is 3.27. The molecule has 1 fully saturated rings. The molecule has 1 saturated heterocycles. The summed E-state index contributed by atoms with van der Waals surface area (Å²) in [5, 5.41) is 9.20. The van der Waals surface area contributed by atoms with Crippen molar-refractivity contribution in [2.45, 2.75) is 19.4 Å². The van der Waals surface area contributed by atoms with Crippen LogP contribution in [0.1, 0.15) is 13.3 Å². The smallest absolute Gasteiger partial charge is 0.0898 e. The van der Waals surface area contributed by atoms with Crippen LogP contribution in [0.2, 0.25) is 0 Å². The molecule has 3 heteroatoms. The molecule has 1 unspecified atom stereocenters. The summed E-state index contributed by atoms with van der Waals surface area (Å²) in [6.45, 7) is 3.02. The molecule has 9 heavy (non-hydrogen) atoms. The predicted octanol–water partition coefficient (Wildman–Crippen LogP) is 0.335. The lowest BCUT2D eigenvalue weighted by Crippen LogP contribution is -2.21. The Morgan fingerprint density at radius 3 is 2.56 bits per heavy atom. The number of hydrogen-bond acceptors (Lipinski definition) is 3. The zero-order chi connectivity index (χ0) is 6.69. The van der Waals surface area contributed by atoms with E-state index in [1.165, 1.54) is 0 Å². The Bertz CT molecular complexity index is 78.4. The molecule has 0 saturated carbocycles. The van der Waals surface area contributed by atoms with E-state index < -0.39 is 0 Å². The van der Waals surface area contributed by atoms with Crippen LogP contribution in [-0.4, -0.2) is 24.4 Å². The lowest BCUT2D eigenvalue weighted by Gasteiger charge is -2.10. The second-order valence-corrected chi connectivity index (χ2v) is 2.30. The fourth-order valence-electron chi connectivity index (χ4n) is 0.875. The van der Waals surface area contributed by atoms with Crippen molar-refractivity contribution in [3.8, 4) is 0 Å². The molecule has 1 atom stereocenters. The van der Waals surface area contributed by atoms with E-state index in [1.807, 2.05) is 6.92 Å². The monoisotopic (exact) mass is 132 g/mol. The molecule has 1 N–H and O–H groups in total. The van der Waals surface area contributed by atoms with E-state index in [0.29, 0.717) is 13.2 Å². The quantitative estimate of drug-likeness (QED) is 0.550. The van der Waals surface area contributed by atoms with Gasteiger partial charge in [0.15, 0.2) is 0 Å². The summed E-state index contributed by atoms with van der Waals surface area (Å²) in [5.41, 5.74) is 0. The first kappa shape index (κ1) is 6.99. The highest BCUT2D eigenvalue weighted by Gasteiger charge is 2.23. The van der Waals surface area contributed by atoms with Crippen molar-refractivity contribution in [3.05, 3.63) is 0 Å². The number of aliphatic hydroxyl groups is 1. The third kappa shape index (κ3) is 1.64. The van der Waals surface area contributed by atoms with Crippen LogP contribution in [0.25, 0.3) is 0 Å². The SMILES string of the molecule is CCC(O)C1COOC1. The highest BCUT2D eigenvalue weighted by Crippen LogP contribution is 2.14. The molecule has 0 aromatic heterocycles. The molecule has 0 aromatic carbocycles. The lowest BCUT2D eigenvalue weighted by atomic mass is 10.0. The molecule has 0 bridgehead atoms. The molecule has 0 aromatic rings. The van der Waals surface area contributed by atoms with Crippen LogP contribution < -0.4 is 0 Å². The summed E-state index contributed by atoms with van der Waals surface area (Å²) in [6.07, 6.45) is 0.518. The van der Waals surface area contributed by atoms with Gasteiger partial charge in [-0.2, -0.15) is 0 Å². The third-order valence-corrected chi connectivity index (χ3v) is 1.61. The van der Waals surface area contributed by atoms with E-state index in [-0.39, 0.29) is 12.0 Å². The second-order valence-electron chi connectivity index (χ2n) is 2.30. The molecule has 1 aliphatic rings. The molecular formula is C6H12O3. The van der Waals surface area contributed by atoms with E-state index in [1.54, 1.807) is 0 Å². The molecular weight excluding hydrogens is 120 g/mol. The van der Waals surface area contributed by atoms with Gasteiger partial charge < -0.3 is 5.11 Å². The van der Waals surface area contributed by atoms with Gasteiger partial charge in [-0.1, -0.05) is 6.92 Å². The molecule has 1 heterocycles. The summed E-state index contributed by atoms with van der Waals surface area (Å²) in [4.78, 5) is 9.24. The molecule has 54 valence electrons. The minimum atomic E-state index is -0.257. The zero-order valence-corrected chi connectivity index (χ0v) is 5.54. The van der Waals surface area contributed by atoms with Gasteiger partial charge in [0, 0.05) is 5.92 Å². The maximum absolute atomic E-state index is 9.20. The maximum atomic E-state index is 9.20. The van der Waals surface area contributed by atoms with Crippen LogP contribution in [0, 0.1) is 5.92 Å². The van der Waals surface area contributed by atoms with Crippen molar-refractivity contribution in [3.63, 3.8) is 0 Å². The maximum Gasteiger partial charge on any atom is 0.0898 e. The largest absolute Gasteiger partial charge is 0.393 e. The van der Waals surface area contributed by atoms with Gasteiger partial charge in [-0.05, 0) is 6.42 Å². The highest BCUT2D eigenvalue weighted by atomic mass is 17.2. The zero-order valence-electron chi connectivity index (χ0n) is 5.54. The average Bonchev–Trinajstić information content (AvgIpc) is 2.37. The van der Waals surface area contributed by atoms with Crippen molar-refractivity contribution < 1.29 is 14.9 Å². The molecule has 1 rings (SSSR count). The van der Waals surface area contributed by atoms with E-state index in [0.717, 1.165) is 6.42 Å². The third-order valence-electron chi connectivity index (χ3n) is 1.61. The van der Waals surface area contributed by atoms with Gasteiger partial charge in [0.25, 0.3) is 0 Å². The summed E-state index contributed by atoms with van der Waals surface area (Å²) < 4.78 is 0. The highest BCUT2D eigenvalue weighted by molar-refractivity contribution is 4.67. The molecule has 0 radical (unpaired) electrons. The Labute approximate surface area is 54.5 Å². The first-order valence-corrected chi connectivity index (χ1v) is 3.27. The molecule has 0 aliphatic carbocycles. The fourth-order valence-corrected chi connectivity index (χ4v) is 0.875. The Morgan fingerprint density at radius 2 is 2.11 bits per heavy atom. The summed E-state index contributed by atoms with van der Waals surface area (Å²) in [6, 6.07) is 0. The van der Waals surface area contributed by atoms with Crippen LogP contribution in [0.5, 0.6) is 0 Å². The summed E-state index contributed by atoms with van der Waals surface area (Å²) in [5.74, 6) is 0.190. The lowest BCUT2D eigenvalue weighted by molar-refractivity contribution is -0.248. The van der Waals surface area contributed by atoms with Gasteiger partial charge in [0.05, 0.1) is 19.3 Å². The van der Waals surface area contributed by atoms with E-state index in [9.17, 15) is 5.11 Å². The molecule has 1 aliphatic heterocycles. The summed E-state index contributed by atoms with van der Waals surface area (Å²) >= 11 is 0. The van der Waals surface area contributed by atoms with Crippen LogP contribution in [0.3, 0.4) is 0 Å². The minimum absolute atomic E-state index is 0.190. The average molecular weight is 132 g/mol. The van der Waals surface area contributed by atoms with Gasteiger partial charge >= 0.3 is 0 Å². The Kier molecular flexibility index (Phi) is 2.45. The summed E-state index contributed by atoms with van der Waals surface area (Å²) in [7, 11) is 0. The predicted molar refractivity (Wildman–Crippen MR) is 31.7 cm³/mol. The minimum Gasteiger partial charge on any atom is -0.393 e. The van der Waals surface area contributed by atoms with Gasteiger partial charge in [-0.15, -0.1) is 0 Å². The van der Waals surface area contributed by atoms with Crippen LogP contribution in [-0.2, 0) is 9.78 Å². The van der Waals surface area contributed by atoms with E-state index in [4.69, 9.17) is 0 Å². The van der Waals surface area contributed by atoms with E-state index >= 15 is 0 Å². The van der Waals surface area contributed by atoms with Crippen LogP contribution in [0.4, 0.5) is 0 Å². The number of hydrogen-bond donors (Lipinski definition) is 1. The van der Waals surface area contributed by atoms with Gasteiger partial charge in [-0.3, -0.25) is 0 Å². The van der Waals surface area contributed by atoms with Crippen LogP contribution >= 0.6 is 0 Å². The van der Waals surface area contributed by atoms with Gasteiger partial charge in [0.2, 0.25) is 0 Å². The normalized spacial score (nSPS) is 24.7. The Hall–Kier alpha value is -0.120. The second kappa shape index (κ2) is 3.15. The number of rotatable bonds is 2. The van der Waals surface area contributed by atoms with E-state index in [2.05, 4.69) is 9.78 Å². The van der Waals surface area contributed by atoms with Crippen molar-refractivity contribution >= 4 is 0 Å². The number of aliphatic hydroxyl groups excluding tert-OH is 1. The van der Waals surface area contributed by atoms with Crippen molar-refractivity contribution in [1.29, 1.82) is 0 Å². The topological polar surface area (TPSA) is 38.7 Å². The van der Waals surface area contributed by atoms with Gasteiger partial charge in [-0.25, -0.2) is 9.78 Å². The van der Waals surface area contributed by atoms with Crippen LogP contribution in [0.15, 0.2) is 0 Å². The van der Waals surface area contributed by atoms with Crippen molar-refractivity contribution in [2.75, 3.05) is 13.2 Å². The van der Waals surface area contributed by atoms with Gasteiger partial charge in [0.1, 0.15) is 0 Å². The van der Waals surface area contributed by atoms with Crippen molar-refractivity contribution in [2.24, 2.45) is 5.92 Å². The fraction of sp³-hybridized carbons (Fsp3) is 1.00. The van der Waals surface area contributed by atoms with Crippen molar-refractivity contribution in [1.82, 2.24) is 0 Å². The first-order chi connectivity index (χ1) is 4.34. The standard InChI is InChI=1S/C6H12O3/c1-2-6(7)5-3-8-9-4-5/h5-7H,2-4H2,1H3. The Balaban J connectivity index is 2.24. The molecule has 0 spiro atoms. The Morgan fingerprint density at radius 1 is 1.56 bits per heavy atom. The molecule has 3 nitrogen and oxygen atoms in total. The molecule has 0 amide bonds.